The molecule has 0 aliphatic rings. The number of ether oxygens (including phenoxy) is 1. The van der Waals surface area contributed by atoms with Gasteiger partial charge in [0.15, 0.2) is 0 Å². The molecule has 25 heavy (non-hydrogen) atoms. The van der Waals surface area contributed by atoms with Crippen molar-refractivity contribution in [1.29, 1.82) is 0 Å². The van der Waals surface area contributed by atoms with Crippen LogP contribution >= 0.6 is 0 Å². The fourth-order valence-electron chi connectivity index (χ4n) is 2.39. The number of fused-ring (bicyclic) bond motifs is 1. The quantitative estimate of drug-likeness (QED) is 0.687. The van der Waals surface area contributed by atoms with Gasteiger partial charge in [0.05, 0.1) is 12.3 Å². The number of aromatic nitrogens is 3. The second-order valence-electron chi connectivity index (χ2n) is 5.22. The Balaban J connectivity index is 2.00. The maximum absolute atomic E-state index is 13.8. The highest BCUT2D eigenvalue weighted by Gasteiger charge is 2.20. The van der Waals surface area contributed by atoms with Crippen LogP contribution in [0.4, 0.5) is 10.2 Å². The van der Waals surface area contributed by atoms with Crippen LogP contribution in [0.15, 0.2) is 28.8 Å². The molecule has 0 saturated heterocycles. The van der Waals surface area contributed by atoms with E-state index in [4.69, 9.17) is 9.26 Å². The van der Waals surface area contributed by atoms with E-state index >= 15 is 0 Å². The number of benzene rings is 1. The Labute approximate surface area is 143 Å². The predicted molar refractivity (Wildman–Crippen MR) is 88.7 cm³/mol. The topological polar surface area (TPSA) is 90.1 Å². The molecule has 7 nitrogen and oxygen atoms in total. The largest absolute Gasteiger partial charge is 0.460 e. The van der Waals surface area contributed by atoms with Crippen molar-refractivity contribution in [1.82, 2.24) is 15.1 Å². The summed E-state index contributed by atoms with van der Waals surface area (Å²) in [6.45, 7) is 4.00. The Kier molecular flexibility index (Phi) is 4.87. The highest BCUT2D eigenvalue weighted by Crippen LogP contribution is 2.25. The van der Waals surface area contributed by atoms with E-state index in [1.807, 2.05) is 6.92 Å². The van der Waals surface area contributed by atoms with Gasteiger partial charge in [-0.25, -0.2) is 14.2 Å². The molecule has 0 atom stereocenters. The minimum absolute atomic E-state index is 0.135. The van der Waals surface area contributed by atoms with Gasteiger partial charge in [-0.1, -0.05) is 30.3 Å². The monoisotopic (exact) mass is 344 g/mol. The molecule has 0 aliphatic carbocycles. The molecule has 1 N–H and O–H groups in total. The van der Waals surface area contributed by atoms with Crippen molar-refractivity contribution in [2.24, 2.45) is 0 Å². The standard InChI is InChI=1S/C17H17FN4O3/c1-3-12-13-14(19-9-10-7-5-6-8-11(10)18)20-15(17(23)24-4-2)21-16(13)25-22-12/h5-8H,3-4,9H2,1-2H3,(H,19,20,21). The third kappa shape index (κ3) is 3.42. The average molecular weight is 344 g/mol. The van der Waals surface area contributed by atoms with Gasteiger partial charge in [0.1, 0.15) is 17.0 Å². The van der Waals surface area contributed by atoms with E-state index in [1.54, 1.807) is 25.1 Å². The molecule has 130 valence electrons. The number of hydrogen-bond acceptors (Lipinski definition) is 7. The maximum atomic E-state index is 13.8. The van der Waals surface area contributed by atoms with E-state index in [-0.39, 0.29) is 30.5 Å². The molecule has 3 rings (SSSR count). The molecule has 0 bridgehead atoms. The second-order valence-corrected chi connectivity index (χ2v) is 5.22. The molecule has 2 aromatic heterocycles. The van der Waals surface area contributed by atoms with E-state index in [0.29, 0.717) is 28.9 Å². The molecule has 3 aromatic rings. The average Bonchev–Trinajstić information content (AvgIpc) is 3.04. The number of nitrogens with one attached hydrogen (secondary N) is 1. The van der Waals surface area contributed by atoms with Gasteiger partial charge in [0.2, 0.25) is 5.82 Å². The van der Waals surface area contributed by atoms with Crippen molar-refractivity contribution in [3.8, 4) is 0 Å². The smallest absolute Gasteiger partial charge is 0.376 e. The Hall–Kier alpha value is -3.03. The van der Waals surface area contributed by atoms with Gasteiger partial charge in [0.25, 0.3) is 5.71 Å². The summed E-state index contributed by atoms with van der Waals surface area (Å²) < 4.78 is 24.0. The van der Waals surface area contributed by atoms with Crippen LogP contribution in [-0.4, -0.2) is 27.7 Å². The van der Waals surface area contributed by atoms with Crippen molar-refractivity contribution >= 4 is 22.9 Å². The predicted octanol–water partition coefficient (Wildman–Crippen LogP) is 3.11. The number of hydrogen-bond donors (Lipinski definition) is 1. The van der Waals surface area contributed by atoms with Crippen LogP contribution in [0.3, 0.4) is 0 Å². The molecule has 0 saturated carbocycles. The van der Waals surface area contributed by atoms with Crippen LogP contribution in [0.1, 0.15) is 35.7 Å². The number of carbonyl (C=O) groups excluding carboxylic acids is 1. The van der Waals surface area contributed by atoms with E-state index in [1.165, 1.54) is 6.07 Å². The number of rotatable bonds is 6. The summed E-state index contributed by atoms with van der Waals surface area (Å²) in [4.78, 5) is 20.2. The minimum Gasteiger partial charge on any atom is -0.460 e. The summed E-state index contributed by atoms with van der Waals surface area (Å²) in [5.74, 6) is -0.765. The summed E-state index contributed by atoms with van der Waals surface area (Å²) in [7, 11) is 0. The first-order chi connectivity index (χ1) is 12.1. The van der Waals surface area contributed by atoms with E-state index in [9.17, 15) is 9.18 Å². The lowest BCUT2D eigenvalue weighted by Gasteiger charge is -2.09. The van der Waals surface area contributed by atoms with Crippen molar-refractivity contribution in [3.05, 3.63) is 47.2 Å². The first-order valence-electron chi connectivity index (χ1n) is 7.94. The molecule has 0 aliphatic heterocycles. The molecule has 0 amide bonds. The SMILES string of the molecule is CCOC(=O)c1nc(NCc2ccccc2F)c2c(CC)noc2n1. The highest BCUT2D eigenvalue weighted by atomic mass is 19.1. The van der Waals surface area contributed by atoms with Crippen LogP contribution in [0, 0.1) is 5.82 Å². The summed E-state index contributed by atoms with van der Waals surface area (Å²) in [5, 5.41) is 7.57. The van der Waals surface area contributed by atoms with Gasteiger partial charge in [-0.15, -0.1) is 0 Å². The minimum atomic E-state index is -0.659. The van der Waals surface area contributed by atoms with Gasteiger partial charge in [-0.05, 0) is 19.4 Å². The van der Waals surface area contributed by atoms with Crippen LogP contribution in [0.2, 0.25) is 0 Å². The lowest BCUT2D eigenvalue weighted by Crippen LogP contribution is -2.12. The van der Waals surface area contributed by atoms with Crippen LogP contribution in [0.25, 0.3) is 11.1 Å². The summed E-state index contributed by atoms with van der Waals surface area (Å²) in [6.07, 6.45) is 0.601. The zero-order chi connectivity index (χ0) is 17.8. The third-order valence-electron chi connectivity index (χ3n) is 3.60. The number of aryl methyl sites for hydroxylation is 1. The summed E-state index contributed by atoms with van der Waals surface area (Å²) in [6, 6.07) is 6.42. The van der Waals surface area contributed by atoms with Gasteiger partial charge in [-0.2, -0.15) is 4.98 Å². The Morgan fingerprint density at radius 2 is 2.08 bits per heavy atom. The number of halogens is 1. The van der Waals surface area contributed by atoms with Crippen molar-refractivity contribution in [2.75, 3.05) is 11.9 Å². The second kappa shape index (κ2) is 7.25. The lowest BCUT2D eigenvalue weighted by atomic mass is 10.2. The molecular formula is C17H17FN4O3. The molecule has 0 spiro atoms. The maximum Gasteiger partial charge on any atom is 0.376 e. The molecule has 0 unspecified atom stereocenters. The van der Waals surface area contributed by atoms with Crippen LogP contribution in [-0.2, 0) is 17.7 Å². The van der Waals surface area contributed by atoms with Crippen LogP contribution < -0.4 is 5.32 Å². The van der Waals surface area contributed by atoms with Crippen molar-refractivity contribution < 1.29 is 18.4 Å². The van der Waals surface area contributed by atoms with Gasteiger partial charge >= 0.3 is 5.97 Å². The zero-order valence-corrected chi connectivity index (χ0v) is 13.9. The van der Waals surface area contributed by atoms with Crippen molar-refractivity contribution in [3.63, 3.8) is 0 Å². The Morgan fingerprint density at radius 1 is 1.28 bits per heavy atom. The lowest BCUT2D eigenvalue weighted by molar-refractivity contribution is 0.0512. The molecular weight excluding hydrogens is 327 g/mol. The van der Waals surface area contributed by atoms with Crippen molar-refractivity contribution in [2.45, 2.75) is 26.8 Å². The Bertz CT molecular complexity index is 910. The van der Waals surface area contributed by atoms with Gasteiger partial charge < -0.3 is 14.6 Å². The van der Waals surface area contributed by atoms with E-state index in [2.05, 4.69) is 20.4 Å². The summed E-state index contributed by atoms with van der Waals surface area (Å²) >= 11 is 0. The molecule has 0 radical (unpaired) electrons. The highest BCUT2D eigenvalue weighted by molar-refractivity contribution is 5.93. The Morgan fingerprint density at radius 3 is 2.80 bits per heavy atom. The van der Waals surface area contributed by atoms with E-state index < -0.39 is 5.97 Å². The van der Waals surface area contributed by atoms with Crippen LogP contribution in [0.5, 0.6) is 0 Å². The van der Waals surface area contributed by atoms with E-state index in [0.717, 1.165) is 0 Å². The first-order valence-corrected chi connectivity index (χ1v) is 7.94. The summed E-state index contributed by atoms with van der Waals surface area (Å²) in [5.41, 5.74) is 1.31. The van der Waals surface area contributed by atoms with Gasteiger partial charge in [-0.3, -0.25) is 0 Å². The fourth-order valence-corrected chi connectivity index (χ4v) is 2.39. The molecule has 8 heteroatoms. The number of esters is 1. The molecule has 0 fully saturated rings. The molecule has 1 aromatic carbocycles. The normalized spacial score (nSPS) is 10.8. The number of nitrogens with zero attached hydrogens (tertiary/aromatic N) is 3. The zero-order valence-electron chi connectivity index (χ0n) is 13.9. The number of carbonyl (C=O) groups is 1. The third-order valence-corrected chi connectivity index (χ3v) is 3.60. The number of anilines is 1. The first kappa shape index (κ1) is 16.8. The molecule has 2 heterocycles. The van der Waals surface area contributed by atoms with Gasteiger partial charge in [0, 0.05) is 12.1 Å². The fraction of sp³-hybridized carbons (Fsp3) is 0.294.